The zero-order valence-electron chi connectivity index (χ0n) is 11.9. The highest BCUT2D eigenvalue weighted by molar-refractivity contribution is 5.26. The standard InChI is InChI=1S/C16H26O2/c1-4-17-18-16-12-10-15(11-13-16)9-7-5-6-8-14(2)3/h10-14H,4-9H2,1-3H3. The van der Waals surface area contributed by atoms with Gasteiger partial charge in [0, 0.05) is 0 Å². The van der Waals surface area contributed by atoms with Crippen LogP contribution in [0.15, 0.2) is 24.3 Å². The zero-order valence-corrected chi connectivity index (χ0v) is 11.9. The third-order valence-corrected chi connectivity index (χ3v) is 2.94. The number of aryl methyl sites for hydroxylation is 1. The zero-order chi connectivity index (χ0) is 13.2. The quantitative estimate of drug-likeness (QED) is 0.357. The lowest BCUT2D eigenvalue weighted by Gasteiger charge is -2.06. The van der Waals surface area contributed by atoms with E-state index in [0.717, 1.165) is 18.1 Å². The van der Waals surface area contributed by atoms with Gasteiger partial charge in [0.1, 0.15) is 0 Å². The maximum absolute atomic E-state index is 5.08. The van der Waals surface area contributed by atoms with Crippen LogP contribution in [0.5, 0.6) is 5.75 Å². The second-order valence-corrected chi connectivity index (χ2v) is 5.13. The number of rotatable bonds is 9. The minimum absolute atomic E-state index is 0.567. The van der Waals surface area contributed by atoms with E-state index in [1.54, 1.807) is 0 Å². The Morgan fingerprint density at radius 2 is 1.72 bits per heavy atom. The van der Waals surface area contributed by atoms with Gasteiger partial charge in [-0.2, -0.15) is 4.89 Å². The van der Waals surface area contributed by atoms with Crippen molar-refractivity contribution in [3.05, 3.63) is 29.8 Å². The molecule has 0 radical (unpaired) electrons. The molecule has 0 saturated heterocycles. The van der Waals surface area contributed by atoms with E-state index >= 15 is 0 Å². The van der Waals surface area contributed by atoms with Gasteiger partial charge in [-0.25, -0.2) is 0 Å². The van der Waals surface area contributed by atoms with Gasteiger partial charge in [-0.3, -0.25) is 0 Å². The second-order valence-electron chi connectivity index (χ2n) is 5.13. The van der Waals surface area contributed by atoms with Crippen LogP contribution in [-0.2, 0) is 11.3 Å². The number of benzene rings is 1. The van der Waals surface area contributed by atoms with Gasteiger partial charge < -0.3 is 4.89 Å². The fourth-order valence-electron chi connectivity index (χ4n) is 1.90. The lowest BCUT2D eigenvalue weighted by molar-refractivity contribution is -0.202. The molecule has 102 valence electrons. The molecule has 0 N–H and O–H groups in total. The molecule has 0 aliphatic heterocycles. The second kappa shape index (κ2) is 8.98. The van der Waals surface area contributed by atoms with Crippen LogP contribution in [0.3, 0.4) is 0 Å². The van der Waals surface area contributed by atoms with Crippen LogP contribution < -0.4 is 4.89 Å². The fraction of sp³-hybridized carbons (Fsp3) is 0.625. The molecular formula is C16H26O2. The van der Waals surface area contributed by atoms with Crippen LogP contribution in [-0.4, -0.2) is 6.61 Å². The number of hydrogen-bond acceptors (Lipinski definition) is 2. The molecule has 2 nitrogen and oxygen atoms in total. The fourth-order valence-corrected chi connectivity index (χ4v) is 1.90. The molecule has 0 heterocycles. The molecule has 1 aromatic carbocycles. The molecule has 0 amide bonds. The SMILES string of the molecule is CCOOc1ccc(CCCCCC(C)C)cc1. The summed E-state index contributed by atoms with van der Waals surface area (Å²) in [4.78, 5) is 9.97. The summed E-state index contributed by atoms with van der Waals surface area (Å²) in [5.74, 6) is 1.61. The summed E-state index contributed by atoms with van der Waals surface area (Å²) in [6.45, 7) is 7.05. The van der Waals surface area contributed by atoms with E-state index in [-0.39, 0.29) is 0 Å². The Bertz CT molecular complexity index is 303. The Kier molecular flexibility index (Phi) is 7.51. The van der Waals surface area contributed by atoms with Gasteiger partial charge in [0.05, 0.1) is 6.61 Å². The first-order valence-corrected chi connectivity index (χ1v) is 7.10. The average molecular weight is 250 g/mol. The Hall–Kier alpha value is -1.02. The van der Waals surface area contributed by atoms with Gasteiger partial charge in [0.25, 0.3) is 0 Å². The van der Waals surface area contributed by atoms with Crippen molar-refractivity contribution >= 4 is 0 Å². The molecule has 2 heteroatoms. The van der Waals surface area contributed by atoms with Gasteiger partial charge >= 0.3 is 0 Å². The van der Waals surface area contributed by atoms with E-state index in [1.807, 2.05) is 19.1 Å². The van der Waals surface area contributed by atoms with E-state index in [1.165, 1.54) is 31.2 Å². The predicted octanol–water partition coefficient (Wildman–Crippen LogP) is 4.78. The van der Waals surface area contributed by atoms with E-state index in [4.69, 9.17) is 9.78 Å². The summed E-state index contributed by atoms with van der Waals surface area (Å²) < 4.78 is 0. The molecule has 0 saturated carbocycles. The molecule has 1 aromatic rings. The third-order valence-electron chi connectivity index (χ3n) is 2.94. The Labute approximate surface area is 111 Å². The summed E-state index contributed by atoms with van der Waals surface area (Å²) in [6, 6.07) is 8.19. The first kappa shape index (κ1) is 15.0. The normalized spacial score (nSPS) is 10.9. The smallest absolute Gasteiger partial charge is 0.165 e. The Morgan fingerprint density at radius 3 is 2.33 bits per heavy atom. The maximum atomic E-state index is 5.08. The largest absolute Gasteiger partial charge is 0.338 e. The average Bonchev–Trinajstić information content (AvgIpc) is 2.37. The molecule has 0 unspecified atom stereocenters. The van der Waals surface area contributed by atoms with Crippen molar-refractivity contribution in [3.63, 3.8) is 0 Å². The molecule has 0 spiro atoms. The Morgan fingerprint density at radius 1 is 1.00 bits per heavy atom. The van der Waals surface area contributed by atoms with Gasteiger partial charge in [0.15, 0.2) is 5.75 Å². The molecule has 0 bridgehead atoms. The lowest BCUT2D eigenvalue weighted by atomic mass is 10.0. The first-order valence-electron chi connectivity index (χ1n) is 7.10. The van der Waals surface area contributed by atoms with Crippen LogP contribution >= 0.6 is 0 Å². The molecule has 0 aliphatic carbocycles. The molecule has 0 atom stereocenters. The van der Waals surface area contributed by atoms with Crippen molar-refractivity contribution in [3.8, 4) is 5.75 Å². The lowest BCUT2D eigenvalue weighted by Crippen LogP contribution is -1.96. The van der Waals surface area contributed by atoms with Gasteiger partial charge in [-0.15, -0.1) is 0 Å². The van der Waals surface area contributed by atoms with E-state index in [9.17, 15) is 0 Å². The third kappa shape index (κ3) is 6.65. The number of hydrogen-bond donors (Lipinski definition) is 0. The van der Waals surface area contributed by atoms with Crippen LogP contribution in [0, 0.1) is 5.92 Å². The monoisotopic (exact) mass is 250 g/mol. The van der Waals surface area contributed by atoms with Crippen molar-refractivity contribution in [1.82, 2.24) is 0 Å². The van der Waals surface area contributed by atoms with Crippen molar-refractivity contribution in [1.29, 1.82) is 0 Å². The van der Waals surface area contributed by atoms with Crippen molar-refractivity contribution in [2.24, 2.45) is 5.92 Å². The molecule has 0 aromatic heterocycles. The molecule has 0 aliphatic rings. The maximum Gasteiger partial charge on any atom is 0.165 e. The highest BCUT2D eigenvalue weighted by atomic mass is 17.2. The highest BCUT2D eigenvalue weighted by Gasteiger charge is 1.98. The van der Waals surface area contributed by atoms with E-state index in [2.05, 4.69) is 26.0 Å². The first-order chi connectivity index (χ1) is 8.72. The summed E-state index contributed by atoms with van der Waals surface area (Å²) in [5.41, 5.74) is 1.38. The Balaban J connectivity index is 2.18. The van der Waals surface area contributed by atoms with Crippen LogP contribution in [0.2, 0.25) is 0 Å². The minimum Gasteiger partial charge on any atom is -0.338 e. The molecular weight excluding hydrogens is 224 g/mol. The van der Waals surface area contributed by atoms with E-state index in [0.29, 0.717) is 6.61 Å². The summed E-state index contributed by atoms with van der Waals surface area (Å²) in [5, 5.41) is 0. The van der Waals surface area contributed by atoms with Crippen molar-refractivity contribution in [2.45, 2.75) is 52.9 Å². The van der Waals surface area contributed by atoms with Crippen LogP contribution in [0.1, 0.15) is 52.0 Å². The summed E-state index contributed by atoms with van der Waals surface area (Å²) >= 11 is 0. The van der Waals surface area contributed by atoms with E-state index < -0.39 is 0 Å². The summed E-state index contributed by atoms with van der Waals surface area (Å²) in [6.07, 6.45) is 6.46. The number of unbranched alkanes of at least 4 members (excludes halogenated alkanes) is 2. The predicted molar refractivity (Wildman–Crippen MR) is 75.7 cm³/mol. The van der Waals surface area contributed by atoms with Gasteiger partial charge in [0.2, 0.25) is 0 Å². The van der Waals surface area contributed by atoms with Crippen molar-refractivity contribution < 1.29 is 9.78 Å². The molecule has 18 heavy (non-hydrogen) atoms. The van der Waals surface area contributed by atoms with Crippen LogP contribution in [0.25, 0.3) is 0 Å². The van der Waals surface area contributed by atoms with Gasteiger partial charge in [-0.05, 0) is 43.4 Å². The summed E-state index contributed by atoms with van der Waals surface area (Å²) in [7, 11) is 0. The molecule has 1 rings (SSSR count). The van der Waals surface area contributed by atoms with Crippen LogP contribution in [0.4, 0.5) is 0 Å². The van der Waals surface area contributed by atoms with Crippen molar-refractivity contribution in [2.75, 3.05) is 6.61 Å². The highest BCUT2D eigenvalue weighted by Crippen LogP contribution is 2.15. The van der Waals surface area contributed by atoms with Gasteiger partial charge in [-0.1, -0.05) is 45.2 Å². The molecule has 0 fully saturated rings. The topological polar surface area (TPSA) is 18.5 Å². The minimum atomic E-state index is 0.567.